The van der Waals surface area contributed by atoms with Crippen LogP contribution in [0.4, 0.5) is 0 Å². The van der Waals surface area contributed by atoms with Gasteiger partial charge in [0, 0.05) is 0 Å². The van der Waals surface area contributed by atoms with Crippen molar-refractivity contribution in [2.24, 2.45) is 0 Å². The van der Waals surface area contributed by atoms with Crippen LogP contribution in [0.2, 0.25) is 0 Å². The summed E-state index contributed by atoms with van der Waals surface area (Å²) in [5.41, 5.74) is 0. The number of rotatable bonds is 1. The van der Waals surface area contributed by atoms with Gasteiger partial charge < -0.3 is 19.4 Å². The second-order valence-corrected chi connectivity index (χ2v) is 1.58. The zero-order chi connectivity index (χ0) is 5.98. The van der Waals surface area contributed by atoms with Crippen LogP contribution in [-0.2, 0) is 9.31 Å². The Kier molecular flexibility index (Phi) is 1.85. The van der Waals surface area contributed by atoms with Crippen LogP contribution in [-0.4, -0.2) is 36.8 Å². The fourth-order valence-corrected chi connectivity index (χ4v) is 0.529. The van der Waals surface area contributed by atoms with E-state index in [0.29, 0.717) is 0 Å². The minimum absolute atomic E-state index is 0.100. The third-order valence-corrected chi connectivity index (χ3v) is 0.937. The van der Waals surface area contributed by atoms with E-state index in [9.17, 15) is 0 Å². The average Bonchev–Trinajstić information content (AvgIpc) is 2.14. The van der Waals surface area contributed by atoms with E-state index in [4.69, 9.17) is 10.1 Å². The second kappa shape index (κ2) is 2.45. The molecule has 0 aromatic heterocycles. The molecule has 4 nitrogen and oxygen atoms in total. The van der Waals surface area contributed by atoms with Gasteiger partial charge in [0.15, 0.2) is 0 Å². The first-order valence-electron chi connectivity index (χ1n) is 2.39. The molecule has 1 heterocycles. The van der Waals surface area contributed by atoms with Crippen LogP contribution < -0.4 is 0 Å². The van der Waals surface area contributed by atoms with E-state index in [1.807, 2.05) is 0 Å². The van der Waals surface area contributed by atoms with Gasteiger partial charge in [-0.2, -0.15) is 0 Å². The van der Waals surface area contributed by atoms with Crippen LogP contribution in [0.25, 0.3) is 0 Å². The molecule has 2 N–H and O–H groups in total. The van der Waals surface area contributed by atoms with E-state index in [0.717, 1.165) is 0 Å². The Morgan fingerprint density at radius 3 is 2.75 bits per heavy atom. The van der Waals surface area contributed by atoms with Gasteiger partial charge >= 0.3 is 7.32 Å². The molecule has 8 heavy (non-hydrogen) atoms. The van der Waals surface area contributed by atoms with E-state index in [1.54, 1.807) is 0 Å². The second-order valence-electron chi connectivity index (χ2n) is 1.58. The SMILES string of the molecule is OC[C@@H]1COB(O)O1. The molecule has 0 spiro atoms. The topological polar surface area (TPSA) is 58.9 Å². The van der Waals surface area contributed by atoms with Crippen LogP contribution in [0.3, 0.4) is 0 Å². The highest BCUT2D eigenvalue weighted by molar-refractivity contribution is 6.35. The van der Waals surface area contributed by atoms with Crippen molar-refractivity contribution < 1.29 is 19.4 Å². The lowest BCUT2D eigenvalue weighted by atomic mass is 10.3. The summed E-state index contributed by atoms with van der Waals surface area (Å²) in [7, 11) is -1.13. The maximum atomic E-state index is 8.48. The summed E-state index contributed by atoms with van der Waals surface area (Å²) in [4.78, 5) is 0. The molecule has 1 aliphatic rings. The van der Waals surface area contributed by atoms with Gasteiger partial charge in [0.25, 0.3) is 0 Å². The Hall–Kier alpha value is -0.0951. The molecule has 0 aromatic carbocycles. The molecule has 0 unspecified atom stereocenters. The zero-order valence-corrected chi connectivity index (χ0v) is 4.28. The van der Waals surface area contributed by atoms with Gasteiger partial charge in [-0.3, -0.25) is 0 Å². The predicted molar refractivity (Wildman–Crippen MR) is 25.9 cm³/mol. The van der Waals surface area contributed by atoms with E-state index < -0.39 is 7.32 Å². The van der Waals surface area contributed by atoms with Gasteiger partial charge in [0.1, 0.15) is 0 Å². The van der Waals surface area contributed by atoms with Crippen molar-refractivity contribution in [3.05, 3.63) is 0 Å². The van der Waals surface area contributed by atoms with Gasteiger partial charge in [-0.15, -0.1) is 0 Å². The predicted octanol–water partition coefficient (Wildman–Crippen LogP) is -1.63. The summed E-state index contributed by atoms with van der Waals surface area (Å²) in [6, 6.07) is 0. The Labute approximate surface area is 47.2 Å². The molecule has 0 saturated carbocycles. The Morgan fingerprint density at radius 2 is 2.50 bits per heavy atom. The summed E-state index contributed by atoms with van der Waals surface area (Å²) in [5.74, 6) is 0. The van der Waals surface area contributed by atoms with Crippen molar-refractivity contribution in [2.45, 2.75) is 6.10 Å². The highest BCUT2D eigenvalue weighted by atomic mass is 16.7. The number of aliphatic hydroxyl groups is 1. The molecular formula is C3H7BO4. The Balaban J connectivity index is 2.22. The van der Waals surface area contributed by atoms with E-state index in [1.165, 1.54) is 0 Å². The quantitative estimate of drug-likeness (QED) is 0.406. The summed E-state index contributed by atoms with van der Waals surface area (Å²) in [6.07, 6.45) is -0.343. The number of hydrogen-bond donors (Lipinski definition) is 2. The summed E-state index contributed by atoms with van der Waals surface area (Å²) in [6.45, 7) is 0.175. The van der Waals surface area contributed by atoms with Crippen molar-refractivity contribution >= 4 is 7.32 Å². The van der Waals surface area contributed by atoms with Gasteiger partial charge in [0.05, 0.1) is 19.3 Å². The van der Waals surface area contributed by atoms with Crippen molar-refractivity contribution in [3.63, 3.8) is 0 Å². The van der Waals surface area contributed by atoms with Crippen LogP contribution >= 0.6 is 0 Å². The van der Waals surface area contributed by atoms with E-state index in [-0.39, 0.29) is 19.3 Å². The summed E-state index contributed by atoms with van der Waals surface area (Å²) >= 11 is 0. The molecule has 1 fully saturated rings. The third kappa shape index (κ3) is 1.19. The standard InChI is InChI=1S/C3H7BO4/c5-1-3-2-7-4(6)8-3/h3,5-6H,1-2H2/t3-/m1/s1. The molecule has 1 aliphatic heterocycles. The first kappa shape index (κ1) is 6.03. The monoisotopic (exact) mass is 118 g/mol. The van der Waals surface area contributed by atoms with E-state index >= 15 is 0 Å². The van der Waals surface area contributed by atoms with Crippen LogP contribution in [0.15, 0.2) is 0 Å². The van der Waals surface area contributed by atoms with E-state index in [2.05, 4.69) is 9.31 Å². The van der Waals surface area contributed by atoms with Crippen molar-refractivity contribution in [3.8, 4) is 0 Å². The lowest BCUT2D eigenvalue weighted by Gasteiger charge is -1.99. The molecule has 5 heteroatoms. The zero-order valence-electron chi connectivity index (χ0n) is 4.28. The highest BCUT2D eigenvalue weighted by Crippen LogP contribution is 2.03. The molecular weight excluding hydrogens is 111 g/mol. The highest BCUT2D eigenvalue weighted by Gasteiger charge is 2.29. The maximum Gasteiger partial charge on any atom is 0.637 e. The molecule has 46 valence electrons. The molecule has 0 aliphatic carbocycles. The lowest BCUT2D eigenvalue weighted by molar-refractivity contribution is 0.125. The third-order valence-electron chi connectivity index (χ3n) is 0.937. The molecule has 0 bridgehead atoms. The fourth-order valence-electron chi connectivity index (χ4n) is 0.529. The fraction of sp³-hybridized carbons (Fsp3) is 1.00. The molecule has 1 atom stereocenters. The molecule has 0 amide bonds. The van der Waals surface area contributed by atoms with Gasteiger partial charge in [-0.1, -0.05) is 0 Å². The van der Waals surface area contributed by atoms with Crippen molar-refractivity contribution in [1.29, 1.82) is 0 Å². The first-order valence-corrected chi connectivity index (χ1v) is 2.39. The Morgan fingerprint density at radius 1 is 1.75 bits per heavy atom. The average molecular weight is 118 g/mol. The van der Waals surface area contributed by atoms with Crippen LogP contribution in [0.5, 0.6) is 0 Å². The van der Waals surface area contributed by atoms with Gasteiger partial charge in [-0.05, 0) is 0 Å². The van der Waals surface area contributed by atoms with Crippen LogP contribution in [0, 0.1) is 0 Å². The Bertz CT molecular complexity index is 77.7. The number of hydrogen-bond acceptors (Lipinski definition) is 4. The summed E-state index contributed by atoms with van der Waals surface area (Å²) in [5, 5.41) is 16.8. The number of aliphatic hydroxyl groups excluding tert-OH is 1. The maximum absolute atomic E-state index is 8.48. The molecule has 0 aromatic rings. The molecule has 0 radical (unpaired) electrons. The molecule has 1 rings (SSSR count). The minimum atomic E-state index is -1.13. The lowest BCUT2D eigenvalue weighted by Crippen LogP contribution is -2.18. The first-order chi connectivity index (χ1) is 3.83. The van der Waals surface area contributed by atoms with Crippen molar-refractivity contribution in [2.75, 3.05) is 13.2 Å². The minimum Gasteiger partial charge on any atom is -0.402 e. The van der Waals surface area contributed by atoms with Gasteiger partial charge in [0.2, 0.25) is 0 Å². The largest absolute Gasteiger partial charge is 0.637 e. The molecule has 1 saturated heterocycles. The van der Waals surface area contributed by atoms with Crippen LogP contribution in [0.1, 0.15) is 0 Å². The smallest absolute Gasteiger partial charge is 0.402 e. The van der Waals surface area contributed by atoms with Crippen molar-refractivity contribution in [1.82, 2.24) is 0 Å². The normalized spacial score (nSPS) is 29.2. The summed E-state index contributed by atoms with van der Waals surface area (Å²) < 4.78 is 9.12. The van der Waals surface area contributed by atoms with Gasteiger partial charge in [-0.25, -0.2) is 0 Å².